The highest BCUT2D eigenvalue weighted by Gasteiger charge is 2.13. The summed E-state index contributed by atoms with van der Waals surface area (Å²) in [5, 5.41) is 5.64. The normalized spacial score (nSPS) is 10.5. The molecule has 1 aromatic heterocycles. The van der Waals surface area contributed by atoms with Gasteiger partial charge in [0.2, 0.25) is 5.95 Å². The van der Waals surface area contributed by atoms with Gasteiger partial charge < -0.3 is 10.6 Å². The number of nitrogens with one attached hydrogen (secondary N) is 2. The van der Waals surface area contributed by atoms with Crippen LogP contribution in [0.3, 0.4) is 0 Å². The van der Waals surface area contributed by atoms with Crippen LogP contribution in [0.5, 0.6) is 0 Å². The minimum Gasteiger partial charge on any atom is -0.324 e. The Kier molecular flexibility index (Phi) is 5.40. The molecule has 0 saturated heterocycles. The lowest BCUT2D eigenvalue weighted by molar-refractivity contribution is 0.102. The molecule has 0 radical (unpaired) electrons. The zero-order valence-electron chi connectivity index (χ0n) is 14.9. The van der Waals surface area contributed by atoms with E-state index in [1.165, 1.54) is 18.3 Å². The molecule has 0 unspecified atom stereocenters. The summed E-state index contributed by atoms with van der Waals surface area (Å²) in [5.41, 5.74) is 3.17. The first-order chi connectivity index (χ1) is 13.0. The van der Waals surface area contributed by atoms with Crippen molar-refractivity contribution < 1.29 is 13.6 Å². The lowest BCUT2D eigenvalue weighted by Crippen LogP contribution is -2.16. The third-order valence-corrected chi connectivity index (χ3v) is 4.04. The van der Waals surface area contributed by atoms with Gasteiger partial charge in [-0.05, 0) is 42.7 Å². The molecule has 2 aromatic carbocycles. The number of benzene rings is 2. The van der Waals surface area contributed by atoms with E-state index < -0.39 is 11.6 Å². The van der Waals surface area contributed by atoms with Crippen LogP contribution >= 0.6 is 0 Å². The van der Waals surface area contributed by atoms with Gasteiger partial charge in [-0.1, -0.05) is 25.1 Å². The van der Waals surface area contributed by atoms with Crippen LogP contribution in [0, 0.1) is 18.6 Å². The van der Waals surface area contributed by atoms with Gasteiger partial charge in [0.25, 0.3) is 5.91 Å². The largest absolute Gasteiger partial charge is 0.324 e. The highest BCUT2D eigenvalue weighted by atomic mass is 19.2. The number of anilines is 3. The molecule has 3 aromatic rings. The van der Waals surface area contributed by atoms with E-state index in [2.05, 4.69) is 20.6 Å². The van der Waals surface area contributed by atoms with E-state index in [9.17, 15) is 13.6 Å². The second-order valence-corrected chi connectivity index (χ2v) is 5.94. The number of carbonyl (C=O) groups is 1. The summed E-state index contributed by atoms with van der Waals surface area (Å²) >= 11 is 0. The van der Waals surface area contributed by atoms with Gasteiger partial charge in [0.1, 0.15) is 5.69 Å². The van der Waals surface area contributed by atoms with E-state index in [-0.39, 0.29) is 23.2 Å². The fourth-order valence-electron chi connectivity index (χ4n) is 2.63. The number of hydrogen-bond donors (Lipinski definition) is 2. The smallest absolute Gasteiger partial charge is 0.274 e. The van der Waals surface area contributed by atoms with Gasteiger partial charge in [0.15, 0.2) is 11.6 Å². The Bertz CT molecular complexity index is 991. The van der Waals surface area contributed by atoms with Gasteiger partial charge in [-0.3, -0.25) is 4.79 Å². The zero-order valence-corrected chi connectivity index (χ0v) is 14.9. The van der Waals surface area contributed by atoms with Crippen molar-refractivity contribution >= 4 is 23.2 Å². The van der Waals surface area contributed by atoms with Crippen molar-refractivity contribution in [1.29, 1.82) is 0 Å². The summed E-state index contributed by atoms with van der Waals surface area (Å²) in [5.74, 6) is -2.20. The maximum Gasteiger partial charge on any atom is 0.274 e. The van der Waals surface area contributed by atoms with Crippen LogP contribution in [-0.2, 0) is 6.42 Å². The highest BCUT2D eigenvalue weighted by molar-refractivity contribution is 6.03. The Morgan fingerprint density at radius 1 is 1.11 bits per heavy atom. The Morgan fingerprint density at radius 3 is 2.67 bits per heavy atom. The molecule has 1 amide bonds. The molecule has 138 valence electrons. The summed E-state index contributed by atoms with van der Waals surface area (Å²) in [4.78, 5) is 20.8. The topological polar surface area (TPSA) is 66.9 Å². The molecule has 27 heavy (non-hydrogen) atoms. The molecule has 0 aliphatic heterocycles. The number of amides is 1. The first-order valence-electron chi connectivity index (χ1n) is 8.43. The van der Waals surface area contributed by atoms with E-state index >= 15 is 0 Å². The van der Waals surface area contributed by atoms with Crippen molar-refractivity contribution in [3.05, 3.63) is 77.1 Å². The molecular weight excluding hydrogens is 350 g/mol. The van der Waals surface area contributed by atoms with Crippen LogP contribution < -0.4 is 10.6 Å². The lowest BCUT2D eigenvalue weighted by atomic mass is 10.1. The molecule has 0 atom stereocenters. The Morgan fingerprint density at radius 2 is 1.93 bits per heavy atom. The third-order valence-electron chi connectivity index (χ3n) is 4.04. The van der Waals surface area contributed by atoms with Crippen molar-refractivity contribution in [2.75, 3.05) is 10.6 Å². The molecule has 3 rings (SSSR count). The molecule has 1 heterocycles. The Labute approximate surface area is 155 Å². The third kappa shape index (κ3) is 4.25. The monoisotopic (exact) mass is 368 g/mol. The Balaban J connectivity index is 1.81. The van der Waals surface area contributed by atoms with Gasteiger partial charge in [-0.25, -0.2) is 18.7 Å². The average molecular weight is 368 g/mol. The lowest BCUT2D eigenvalue weighted by Gasteiger charge is -2.13. The Hall–Kier alpha value is -3.35. The van der Waals surface area contributed by atoms with Gasteiger partial charge >= 0.3 is 0 Å². The molecule has 0 saturated carbocycles. The minimum absolute atomic E-state index is 0.106. The van der Waals surface area contributed by atoms with Crippen LogP contribution in [0.25, 0.3) is 0 Å². The number of halogens is 2. The number of nitrogens with zero attached hydrogens (tertiary/aromatic N) is 2. The molecule has 0 bridgehead atoms. The summed E-state index contributed by atoms with van der Waals surface area (Å²) in [6.07, 6.45) is 2.20. The molecule has 2 N–H and O–H groups in total. The van der Waals surface area contributed by atoms with Crippen LogP contribution in [0.1, 0.15) is 28.5 Å². The fourth-order valence-corrected chi connectivity index (χ4v) is 2.63. The van der Waals surface area contributed by atoms with Crippen LogP contribution in [0.4, 0.5) is 26.1 Å². The number of rotatable bonds is 5. The number of carbonyl (C=O) groups excluding carboxylic acids is 1. The van der Waals surface area contributed by atoms with Crippen molar-refractivity contribution in [2.45, 2.75) is 20.3 Å². The fraction of sp³-hybridized carbons (Fsp3) is 0.150. The van der Waals surface area contributed by atoms with E-state index in [4.69, 9.17) is 0 Å². The van der Waals surface area contributed by atoms with E-state index in [1.54, 1.807) is 0 Å². The predicted molar refractivity (Wildman–Crippen MR) is 100 cm³/mol. The first kappa shape index (κ1) is 18.4. The molecule has 0 fully saturated rings. The highest BCUT2D eigenvalue weighted by Crippen LogP contribution is 2.22. The second kappa shape index (κ2) is 7.90. The van der Waals surface area contributed by atoms with Crippen LogP contribution in [-0.4, -0.2) is 15.9 Å². The van der Waals surface area contributed by atoms with Crippen molar-refractivity contribution in [1.82, 2.24) is 9.97 Å². The van der Waals surface area contributed by atoms with Gasteiger partial charge in [-0.2, -0.15) is 0 Å². The first-order valence-corrected chi connectivity index (χ1v) is 8.43. The van der Waals surface area contributed by atoms with Crippen LogP contribution in [0.15, 0.2) is 48.7 Å². The van der Waals surface area contributed by atoms with Crippen molar-refractivity contribution in [2.24, 2.45) is 0 Å². The summed E-state index contributed by atoms with van der Waals surface area (Å²) in [7, 11) is 0. The number of aryl methyl sites for hydroxylation is 2. The average Bonchev–Trinajstić information content (AvgIpc) is 2.66. The van der Waals surface area contributed by atoms with Crippen molar-refractivity contribution in [3.63, 3.8) is 0 Å². The summed E-state index contributed by atoms with van der Waals surface area (Å²) in [6.45, 7) is 3.93. The maximum absolute atomic E-state index is 13.3. The molecule has 0 aliphatic carbocycles. The zero-order chi connectivity index (χ0) is 19.4. The molecule has 7 heteroatoms. The molecule has 5 nitrogen and oxygen atoms in total. The van der Waals surface area contributed by atoms with Crippen LogP contribution in [0.2, 0.25) is 0 Å². The van der Waals surface area contributed by atoms with Gasteiger partial charge in [-0.15, -0.1) is 0 Å². The standard InChI is InChI=1S/C20H18F2N4O/c1-3-13-6-4-5-12(2)18(13)26-19(27)17-9-10-23-20(25-17)24-14-7-8-15(21)16(22)11-14/h4-11H,3H2,1-2H3,(H,26,27)(H,23,24,25). The summed E-state index contributed by atoms with van der Waals surface area (Å²) in [6, 6.07) is 10.7. The summed E-state index contributed by atoms with van der Waals surface area (Å²) < 4.78 is 26.3. The SMILES string of the molecule is CCc1cccc(C)c1NC(=O)c1ccnc(Nc2ccc(F)c(F)c2)n1. The van der Waals surface area contributed by atoms with E-state index in [0.29, 0.717) is 0 Å². The van der Waals surface area contributed by atoms with E-state index in [1.807, 2.05) is 32.0 Å². The number of para-hydroxylation sites is 1. The molecule has 0 aliphatic rings. The number of aromatic nitrogens is 2. The van der Waals surface area contributed by atoms with Gasteiger partial charge in [0, 0.05) is 23.6 Å². The molecular formula is C20H18F2N4O. The second-order valence-electron chi connectivity index (χ2n) is 5.94. The predicted octanol–water partition coefficient (Wildman–Crippen LogP) is 4.62. The quantitative estimate of drug-likeness (QED) is 0.689. The molecule has 0 spiro atoms. The maximum atomic E-state index is 13.3. The number of hydrogen-bond acceptors (Lipinski definition) is 4. The van der Waals surface area contributed by atoms with E-state index in [0.717, 1.165) is 35.4 Å². The minimum atomic E-state index is -0.986. The van der Waals surface area contributed by atoms with Gasteiger partial charge in [0.05, 0.1) is 0 Å². The van der Waals surface area contributed by atoms with Crippen molar-refractivity contribution in [3.8, 4) is 0 Å².